The van der Waals surface area contributed by atoms with Crippen LogP contribution in [0.1, 0.15) is 21.7 Å². The molecule has 0 spiro atoms. The summed E-state index contributed by atoms with van der Waals surface area (Å²) in [7, 11) is 0. The van der Waals surface area contributed by atoms with Crippen molar-refractivity contribution >= 4 is 22.5 Å². The topological polar surface area (TPSA) is 67.8 Å². The number of hydrogen-bond donors (Lipinski definition) is 1. The molecule has 0 bridgehead atoms. The summed E-state index contributed by atoms with van der Waals surface area (Å²) in [4.78, 5) is 24.7. The number of pyridine rings is 3. The standard InChI is InChI=1S/C22H15F3N4O/c1-13-7-8-18(21(30)28-14-9-11-27-19(12-14)22(23,24)25)29-20(13)16-4-2-6-17-15(16)5-3-10-26-17/h2-12H,1H3,(H,27,28,30). The molecule has 4 rings (SSSR count). The maximum atomic E-state index is 12.8. The largest absolute Gasteiger partial charge is 0.433 e. The lowest BCUT2D eigenvalue weighted by Gasteiger charge is -2.12. The summed E-state index contributed by atoms with van der Waals surface area (Å²) < 4.78 is 38.5. The van der Waals surface area contributed by atoms with Crippen molar-refractivity contribution in [3.8, 4) is 11.3 Å². The summed E-state index contributed by atoms with van der Waals surface area (Å²) in [5.74, 6) is -0.617. The van der Waals surface area contributed by atoms with E-state index in [9.17, 15) is 18.0 Å². The second-order valence-corrected chi connectivity index (χ2v) is 6.62. The fourth-order valence-electron chi connectivity index (χ4n) is 3.10. The molecule has 0 unspecified atom stereocenters. The van der Waals surface area contributed by atoms with Gasteiger partial charge in [-0.2, -0.15) is 13.2 Å². The molecule has 0 saturated heterocycles. The molecule has 0 saturated carbocycles. The molecular weight excluding hydrogens is 393 g/mol. The van der Waals surface area contributed by atoms with Crippen LogP contribution in [0.4, 0.5) is 18.9 Å². The summed E-state index contributed by atoms with van der Waals surface area (Å²) in [6.07, 6.45) is -1.91. The molecule has 0 aliphatic carbocycles. The molecule has 3 heterocycles. The van der Waals surface area contributed by atoms with Crippen LogP contribution in [0.25, 0.3) is 22.2 Å². The van der Waals surface area contributed by atoms with Gasteiger partial charge in [-0.15, -0.1) is 0 Å². The number of halogens is 3. The van der Waals surface area contributed by atoms with E-state index in [0.717, 1.165) is 34.3 Å². The molecule has 30 heavy (non-hydrogen) atoms. The third-order valence-corrected chi connectivity index (χ3v) is 4.54. The van der Waals surface area contributed by atoms with Crippen molar-refractivity contribution in [2.75, 3.05) is 5.32 Å². The SMILES string of the molecule is Cc1ccc(C(=O)Nc2ccnc(C(F)(F)F)c2)nc1-c1cccc2ncccc12. The van der Waals surface area contributed by atoms with E-state index in [1.165, 1.54) is 12.1 Å². The number of carbonyl (C=O) groups is 1. The molecule has 5 nitrogen and oxygen atoms in total. The van der Waals surface area contributed by atoms with E-state index in [4.69, 9.17) is 0 Å². The van der Waals surface area contributed by atoms with Crippen LogP contribution in [0.5, 0.6) is 0 Å². The highest BCUT2D eigenvalue weighted by Crippen LogP contribution is 2.30. The third kappa shape index (κ3) is 3.84. The number of alkyl halides is 3. The number of carbonyl (C=O) groups excluding carboxylic acids is 1. The molecule has 3 aromatic heterocycles. The maximum Gasteiger partial charge on any atom is 0.433 e. The number of hydrogen-bond acceptors (Lipinski definition) is 4. The molecule has 1 N–H and O–H groups in total. The van der Waals surface area contributed by atoms with Crippen LogP contribution in [0, 0.1) is 6.92 Å². The highest BCUT2D eigenvalue weighted by molar-refractivity contribution is 6.03. The lowest BCUT2D eigenvalue weighted by atomic mass is 10.0. The van der Waals surface area contributed by atoms with Gasteiger partial charge in [0.05, 0.1) is 11.2 Å². The number of nitrogens with zero attached hydrogens (tertiary/aromatic N) is 3. The summed E-state index contributed by atoms with van der Waals surface area (Å²) in [6.45, 7) is 1.87. The van der Waals surface area contributed by atoms with Crippen molar-refractivity contribution in [2.24, 2.45) is 0 Å². The van der Waals surface area contributed by atoms with Crippen LogP contribution in [0.3, 0.4) is 0 Å². The first-order valence-corrected chi connectivity index (χ1v) is 8.99. The summed E-state index contributed by atoms with van der Waals surface area (Å²) in [5.41, 5.74) is 2.06. The minimum Gasteiger partial charge on any atom is -0.321 e. The quantitative estimate of drug-likeness (QED) is 0.501. The van der Waals surface area contributed by atoms with Crippen molar-refractivity contribution in [1.29, 1.82) is 0 Å². The predicted molar refractivity (Wildman–Crippen MR) is 107 cm³/mol. The van der Waals surface area contributed by atoms with Crippen molar-refractivity contribution in [3.63, 3.8) is 0 Å². The Balaban J connectivity index is 1.69. The molecule has 150 valence electrons. The van der Waals surface area contributed by atoms with E-state index < -0.39 is 17.8 Å². The first-order valence-electron chi connectivity index (χ1n) is 8.99. The molecule has 0 atom stereocenters. The number of fused-ring (bicyclic) bond motifs is 1. The van der Waals surface area contributed by atoms with Gasteiger partial charge in [-0.05, 0) is 42.8 Å². The van der Waals surface area contributed by atoms with E-state index in [0.29, 0.717) is 5.69 Å². The smallest absolute Gasteiger partial charge is 0.321 e. The van der Waals surface area contributed by atoms with Gasteiger partial charge in [0.25, 0.3) is 5.91 Å². The van der Waals surface area contributed by atoms with Crippen molar-refractivity contribution in [3.05, 3.63) is 83.9 Å². The molecule has 1 aromatic carbocycles. The Morgan fingerprint density at radius 2 is 1.80 bits per heavy atom. The van der Waals surface area contributed by atoms with Crippen molar-refractivity contribution in [1.82, 2.24) is 15.0 Å². The molecule has 4 aromatic rings. The van der Waals surface area contributed by atoms with Gasteiger partial charge in [-0.3, -0.25) is 14.8 Å². The normalized spacial score (nSPS) is 11.5. The lowest BCUT2D eigenvalue weighted by molar-refractivity contribution is -0.141. The van der Waals surface area contributed by atoms with Crippen LogP contribution < -0.4 is 5.32 Å². The third-order valence-electron chi connectivity index (χ3n) is 4.54. The molecular formula is C22H15F3N4O. The monoisotopic (exact) mass is 408 g/mol. The summed E-state index contributed by atoms with van der Waals surface area (Å²) in [5, 5.41) is 3.34. The van der Waals surface area contributed by atoms with Crippen LogP contribution >= 0.6 is 0 Å². The molecule has 8 heteroatoms. The summed E-state index contributed by atoms with van der Waals surface area (Å²) in [6, 6.07) is 14.7. The molecule has 0 radical (unpaired) electrons. The first kappa shape index (κ1) is 19.5. The number of aromatic nitrogens is 3. The number of benzene rings is 1. The first-order chi connectivity index (χ1) is 14.3. The van der Waals surface area contributed by atoms with Crippen molar-refractivity contribution in [2.45, 2.75) is 13.1 Å². The van der Waals surface area contributed by atoms with Crippen LogP contribution in [-0.4, -0.2) is 20.9 Å². The van der Waals surface area contributed by atoms with E-state index in [-0.39, 0.29) is 11.4 Å². The molecule has 1 amide bonds. The fourth-order valence-corrected chi connectivity index (χ4v) is 3.10. The Bertz CT molecular complexity index is 1250. The second kappa shape index (κ2) is 7.55. The van der Waals surface area contributed by atoms with Gasteiger partial charge in [-0.25, -0.2) is 4.98 Å². The maximum absolute atomic E-state index is 12.8. The van der Waals surface area contributed by atoms with E-state index >= 15 is 0 Å². The minimum absolute atomic E-state index is 0.0133. The van der Waals surface area contributed by atoms with Gasteiger partial charge >= 0.3 is 6.18 Å². The Morgan fingerprint density at radius 1 is 0.967 bits per heavy atom. The lowest BCUT2D eigenvalue weighted by Crippen LogP contribution is -2.15. The van der Waals surface area contributed by atoms with Gasteiger partial charge in [0, 0.05) is 29.0 Å². The van der Waals surface area contributed by atoms with Gasteiger partial charge in [0.15, 0.2) is 0 Å². The highest BCUT2D eigenvalue weighted by Gasteiger charge is 2.32. The average molecular weight is 408 g/mol. The molecule has 0 aliphatic rings. The highest BCUT2D eigenvalue weighted by atomic mass is 19.4. The van der Waals surface area contributed by atoms with Gasteiger partial charge in [-0.1, -0.05) is 24.3 Å². The number of nitrogens with one attached hydrogen (secondary N) is 1. The predicted octanol–water partition coefficient (Wildman–Crippen LogP) is 5.27. The van der Waals surface area contributed by atoms with Gasteiger partial charge < -0.3 is 5.32 Å². The van der Waals surface area contributed by atoms with E-state index in [2.05, 4.69) is 20.3 Å². The molecule has 0 aliphatic heterocycles. The Hall–Kier alpha value is -3.81. The number of aryl methyl sites for hydroxylation is 1. The zero-order valence-corrected chi connectivity index (χ0v) is 15.7. The van der Waals surface area contributed by atoms with Crippen LogP contribution in [-0.2, 0) is 6.18 Å². The van der Waals surface area contributed by atoms with E-state index in [1.807, 2.05) is 37.3 Å². The van der Waals surface area contributed by atoms with E-state index in [1.54, 1.807) is 12.3 Å². The fraction of sp³-hybridized carbons (Fsp3) is 0.0909. The van der Waals surface area contributed by atoms with Crippen molar-refractivity contribution < 1.29 is 18.0 Å². The zero-order chi connectivity index (χ0) is 21.3. The Morgan fingerprint density at radius 3 is 2.60 bits per heavy atom. The zero-order valence-electron chi connectivity index (χ0n) is 15.7. The van der Waals surface area contributed by atoms with Gasteiger partial charge in [0.1, 0.15) is 11.4 Å². The Labute approximate surface area is 169 Å². The summed E-state index contributed by atoms with van der Waals surface area (Å²) >= 11 is 0. The average Bonchev–Trinajstić information content (AvgIpc) is 2.73. The van der Waals surface area contributed by atoms with Gasteiger partial charge in [0.2, 0.25) is 0 Å². The number of amides is 1. The molecule has 0 fully saturated rings. The second-order valence-electron chi connectivity index (χ2n) is 6.62. The minimum atomic E-state index is -4.60. The number of rotatable bonds is 3. The van der Waals surface area contributed by atoms with Crippen LogP contribution in [0.15, 0.2) is 67.0 Å². The van der Waals surface area contributed by atoms with Crippen LogP contribution in [0.2, 0.25) is 0 Å². The number of anilines is 1. The Kier molecular flexibility index (Phi) is 4.91.